The zero-order valence-electron chi connectivity index (χ0n) is 16.2. The van der Waals surface area contributed by atoms with Gasteiger partial charge in [-0.05, 0) is 38.2 Å². The largest absolute Gasteiger partial charge is 0.460 e. The van der Waals surface area contributed by atoms with Gasteiger partial charge in [-0.25, -0.2) is 4.79 Å². The lowest BCUT2D eigenvalue weighted by atomic mass is 9.68. The molecule has 0 spiro atoms. The SMILES string of the molecule is CC1=C(C(=O)OC(C)C)[C@H](c2ccccc2)C2=C(CC(C)(C)CC2=O)N1. The molecule has 0 aromatic heterocycles. The molecule has 1 aliphatic carbocycles. The van der Waals surface area contributed by atoms with Crippen LogP contribution in [0.5, 0.6) is 0 Å². The van der Waals surface area contributed by atoms with Gasteiger partial charge in [-0.1, -0.05) is 44.2 Å². The van der Waals surface area contributed by atoms with Crippen LogP contribution >= 0.6 is 0 Å². The van der Waals surface area contributed by atoms with Crippen LogP contribution in [0.25, 0.3) is 0 Å². The third-order valence-corrected chi connectivity index (χ3v) is 4.94. The second-order valence-electron chi connectivity index (χ2n) is 8.29. The average molecular weight is 353 g/mol. The van der Waals surface area contributed by atoms with E-state index in [1.807, 2.05) is 51.1 Å². The second-order valence-corrected chi connectivity index (χ2v) is 8.29. The summed E-state index contributed by atoms with van der Waals surface area (Å²) in [7, 11) is 0. The van der Waals surface area contributed by atoms with E-state index in [1.165, 1.54) is 0 Å². The molecule has 3 rings (SSSR count). The van der Waals surface area contributed by atoms with Crippen molar-refractivity contribution < 1.29 is 14.3 Å². The maximum Gasteiger partial charge on any atom is 0.337 e. The van der Waals surface area contributed by atoms with Crippen LogP contribution in [0, 0.1) is 5.41 Å². The maximum atomic E-state index is 13.1. The first-order valence-corrected chi connectivity index (χ1v) is 9.19. The van der Waals surface area contributed by atoms with Gasteiger partial charge in [0.05, 0.1) is 11.7 Å². The monoisotopic (exact) mass is 353 g/mol. The highest BCUT2D eigenvalue weighted by molar-refractivity contribution is 6.04. The van der Waals surface area contributed by atoms with Gasteiger partial charge < -0.3 is 10.1 Å². The standard InChI is InChI=1S/C22H27NO3/c1-13(2)26-21(25)18-14(3)23-16-11-22(4,5)12-17(24)20(16)19(18)15-9-7-6-8-10-15/h6-10,13,19,23H,11-12H2,1-5H3/t19-/m0/s1. The number of hydrogen-bond acceptors (Lipinski definition) is 4. The number of allylic oxidation sites excluding steroid dienone is 3. The first-order chi connectivity index (χ1) is 12.2. The van der Waals surface area contributed by atoms with Gasteiger partial charge in [0.25, 0.3) is 0 Å². The van der Waals surface area contributed by atoms with Crippen LogP contribution in [0.3, 0.4) is 0 Å². The molecule has 4 heteroatoms. The molecule has 1 aliphatic heterocycles. The van der Waals surface area contributed by atoms with Gasteiger partial charge in [-0.15, -0.1) is 0 Å². The Morgan fingerprint density at radius 3 is 2.46 bits per heavy atom. The molecule has 138 valence electrons. The molecule has 1 heterocycles. The number of ketones is 1. The van der Waals surface area contributed by atoms with Crippen molar-refractivity contribution in [3.63, 3.8) is 0 Å². The molecule has 0 saturated heterocycles. The van der Waals surface area contributed by atoms with Crippen molar-refractivity contribution in [2.45, 2.75) is 59.5 Å². The predicted octanol–water partition coefficient (Wildman–Crippen LogP) is 4.24. The van der Waals surface area contributed by atoms with Gasteiger partial charge in [0.1, 0.15) is 0 Å². The minimum atomic E-state index is -0.373. The predicted molar refractivity (Wildman–Crippen MR) is 101 cm³/mol. The highest BCUT2D eigenvalue weighted by Gasteiger charge is 2.43. The Kier molecular flexibility index (Phi) is 4.78. The molecule has 0 fully saturated rings. The van der Waals surface area contributed by atoms with Crippen molar-refractivity contribution in [1.29, 1.82) is 0 Å². The van der Waals surface area contributed by atoms with Gasteiger partial charge in [-0.3, -0.25) is 4.79 Å². The Labute approximate surface area is 155 Å². The van der Waals surface area contributed by atoms with E-state index in [-0.39, 0.29) is 29.2 Å². The van der Waals surface area contributed by atoms with E-state index in [1.54, 1.807) is 0 Å². The van der Waals surface area contributed by atoms with Gasteiger partial charge in [0.2, 0.25) is 0 Å². The van der Waals surface area contributed by atoms with Crippen LogP contribution < -0.4 is 5.32 Å². The summed E-state index contributed by atoms with van der Waals surface area (Å²) < 4.78 is 5.50. The van der Waals surface area contributed by atoms with Crippen LogP contribution in [0.2, 0.25) is 0 Å². The van der Waals surface area contributed by atoms with Crippen LogP contribution in [-0.4, -0.2) is 17.9 Å². The number of carbonyl (C=O) groups is 2. The molecule has 26 heavy (non-hydrogen) atoms. The Bertz CT molecular complexity index is 800. The van der Waals surface area contributed by atoms with Gasteiger partial charge in [0, 0.05) is 29.3 Å². The first kappa shape index (κ1) is 18.4. The molecule has 0 radical (unpaired) electrons. The lowest BCUT2D eigenvalue weighted by molar-refractivity contribution is -0.143. The average Bonchev–Trinajstić information content (AvgIpc) is 2.52. The zero-order valence-corrected chi connectivity index (χ0v) is 16.2. The molecule has 0 amide bonds. The minimum Gasteiger partial charge on any atom is -0.460 e. The summed E-state index contributed by atoms with van der Waals surface area (Å²) in [6.45, 7) is 9.77. The van der Waals surface area contributed by atoms with Crippen molar-refractivity contribution in [2.75, 3.05) is 0 Å². The highest BCUT2D eigenvalue weighted by atomic mass is 16.5. The fourth-order valence-corrected chi connectivity index (χ4v) is 3.96. The van der Waals surface area contributed by atoms with E-state index < -0.39 is 0 Å². The molecule has 1 N–H and O–H groups in total. The first-order valence-electron chi connectivity index (χ1n) is 9.19. The summed E-state index contributed by atoms with van der Waals surface area (Å²) in [5.41, 5.74) is 3.84. The van der Waals surface area contributed by atoms with E-state index in [9.17, 15) is 9.59 Å². The number of ether oxygens (including phenoxy) is 1. The molecular formula is C22H27NO3. The minimum absolute atomic E-state index is 0.0830. The second kappa shape index (κ2) is 6.75. The molecule has 1 aromatic rings. The van der Waals surface area contributed by atoms with E-state index in [0.717, 1.165) is 29.0 Å². The van der Waals surface area contributed by atoms with Gasteiger partial charge in [-0.2, -0.15) is 0 Å². The van der Waals surface area contributed by atoms with Crippen LogP contribution in [0.15, 0.2) is 52.9 Å². The molecule has 2 aliphatic rings. The fraction of sp³-hybridized carbons (Fsp3) is 0.455. The number of hydrogen-bond donors (Lipinski definition) is 1. The summed E-state index contributed by atoms with van der Waals surface area (Å²) in [6.07, 6.45) is 1.07. The summed E-state index contributed by atoms with van der Waals surface area (Å²) in [4.78, 5) is 25.9. The number of rotatable bonds is 3. The van der Waals surface area contributed by atoms with Crippen molar-refractivity contribution in [3.05, 3.63) is 58.4 Å². The van der Waals surface area contributed by atoms with Crippen molar-refractivity contribution in [3.8, 4) is 0 Å². The highest BCUT2D eigenvalue weighted by Crippen LogP contribution is 2.46. The van der Waals surface area contributed by atoms with E-state index in [0.29, 0.717) is 12.0 Å². The zero-order chi connectivity index (χ0) is 19.1. The molecule has 4 nitrogen and oxygen atoms in total. The Hall–Kier alpha value is -2.36. The van der Waals surface area contributed by atoms with Crippen molar-refractivity contribution >= 4 is 11.8 Å². The normalized spacial score (nSPS) is 22.2. The van der Waals surface area contributed by atoms with Crippen molar-refractivity contribution in [1.82, 2.24) is 5.32 Å². The van der Waals surface area contributed by atoms with Crippen molar-refractivity contribution in [2.24, 2.45) is 5.41 Å². The lowest BCUT2D eigenvalue weighted by Crippen LogP contribution is -2.39. The number of nitrogens with one attached hydrogen (secondary N) is 1. The van der Waals surface area contributed by atoms with Gasteiger partial charge >= 0.3 is 5.97 Å². The third kappa shape index (κ3) is 3.46. The molecule has 0 bridgehead atoms. The maximum absolute atomic E-state index is 13.1. The molecule has 0 saturated carbocycles. The van der Waals surface area contributed by atoms with E-state index >= 15 is 0 Å². The summed E-state index contributed by atoms with van der Waals surface area (Å²) in [5, 5.41) is 3.35. The Morgan fingerprint density at radius 1 is 1.19 bits per heavy atom. The number of dihydropyridines is 1. The molecular weight excluding hydrogens is 326 g/mol. The number of benzene rings is 1. The fourth-order valence-electron chi connectivity index (χ4n) is 3.96. The summed E-state index contributed by atoms with van der Waals surface area (Å²) in [6, 6.07) is 9.77. The Balaban J connectivity index is 2.14. The number of esters is 1. The summed E-state index contributed by atoms with van der Waals surface area (Å²) in [5.74, 6) is -0.620. The van der Waals surface area contributed by atoms with Crippen LogP contribution in [-0.2, 0) is 14.3 Å². The smallest absolute Gasteiger partial charge is 0.337 e. The van der Waals surface area contributed by atoms with Crippen LogP contribution in [0.1, 0.15) is 58.9 Å². The Morgan fingerprint density at radius 2 is 1.85 bits per heavy atom. The van der Waals surface area contributed by atoms with Gasteiger partial charge in [0.15, 0.2) is 5.78 Å². The van der Waals surface area contributed by atoms with Crippen LogP contribution in [0.4, 0.5) is 0 Å². The third-order valence-electron chi connectivity index (χ3n) is 4.94. The molecule has 1 aromatic carbocycles. The lowest BCUT2D eigenvalue weighted by Gasteiger charge is -2.39. The number of carbonyl (C=O) groups excluding carboxylic acids is 2. The number of Topliss-reactive ketones (excluding diaryl/α,β-unsaturated/α-hetero) is 1. The topological polar surface area (TPSA) is 55.4 Å². The summed E-state index contributed by atoms with van der Waals surface area (Å²) >= 11 is 0. The molecule has 0 unspecified atom stereocenters. The van der Waals surface area contributed by atoms with E-state index in [2.05, 4.69) is 19.2 Å². The van der Waals surface area contributed by atoms with E-state index in [4.69, 9.17) is 4.74 Å². The quantitative estimate of drug-likeness (QED) is 0.826. The molecule has 1 atom stereocenters.